The fourth-order valence-corrected chi connectivity index (χ4v) is 3.51. The van der Waals surface area contributed by atoms with E-state index in [0.717, 1.165) is 50.0 Å². The molecule has 0 atom stereocenters. The summed E-state index contributed by atoms with van der Waals surface area (Å²) in [6, 6.07) is 7.80. The Hall–Kier alpha value is -2.94. The largest absolute Gasteiger partial charge is 0.417 e. The van der Waals surface area contributed by atoms with Crippen LogP contribution < -0.4 is 11.1 Å². The zero-order valence-corrected chi connectivity index (χ0v) is 19.2. The minimum atomic E-state index is -4.27. The van der Waals surface area contributed by atoms with E-state index in [1.54, 1.807) is 6.07 Å². The Morgan fingerprint density at radius 1 is 1.18 bits per heavy atom. The van der Waals surface area contributed by atoms with E-state index >= 15 is 0 Å². The third-order valence-electron chi connectivity index (χ3n) is 5.19. The number of amides is 1. The van der Waals surface area contributed by atoms with Crippen molar-refractivity contribution in [1.29, 1.82) is 0 Å². The molecule has 0 aliphatic carbocycles. The Kier molecular flexibility index (Phi) is 8.99. The fourth-order valence-electron chi connectivity index (χ4n) is 3.51. The van der Waals surface area contributed by atoms with Crippen LogP contribution >= 0.6 is 0 Å². The molecule has 0 radical (unpaired) electrons. The van der Waals surface area contributed by atoms with Gasteiger partial charge in [0.05, 0.1) is 5.56 Å². The van der Waals surface area contributed by atoms with Gasteiger partial charge in [-0.2, -0.15) is 13.2 Å². The second kappa shape index (κ2) is 11.3. The molecular formula is C24H31F3N4O2. The highest BCUT2D eigenvalue weighted by molar-refractivity contribution is 5.85. The van der Waals surface area contributed by atoms with Crippen LogP contribution in [0.4, 0.5) is 18.9 Å². The highest BCUT2D eigenvalue weighted by Crippen LogP contribution is 2.27. The molecule has 2 aromatic rings. The molecule has 1 aromatic heterocycles. The van der Waals surface area contributed by atoms with Crippen molar-refractivity contribution < 1.29 is 22.8 Å². The number of carbonyl (C=O) groups excluding carboxylic acids is 2. The summed E-state index contributed by atoms with van der Waals surface area (Å²) in [7, 11) is 0. The standard InChI is InChI=1S/C18H27N3O2.C6H4F3N/c1-18(2,3)20-17(23)13-7-9-21(10-8-13)11-14-5-4-6-16(19)15(14)12-22;7-6(8,9)5-2-1-3-10-4-5/h4-6,12-13H,7-11,19H2,1-3H3,(H,20,23);1-4H. The van der Waals surface area contributed by atoms with E-state index in [1.807, 2.05) is 32.9 Å². The first-order valence-corrected chi connectivity index (χ1v) is 10.7. The van der Waals surface area contributed by atoms with Gasteiger partial charge in [-0.3, -0.25) is 19.5 Å². The lowest BCUT2D eigenvalue weighted by Gasteiger charge is -2.33. The van der Waals surface area contributed by atoms with Gasteiger partial charge in [0, 0.05) is 41.6 Å². The lowest BCUT2D eigenvalue weighted by Crippen LogP contribution is -2.46. The van der Waals surface area contributed by atoms with Gasteiger partial charge in [-0.15, -0.1) is 0 Å². The minimum Gasteiger partial charge on any atom is -0.398 e. The first-order valence-electron chi connectivity index (χ1n) is 10.7. The number of aldehydes is 1. The highest BCUT2D eigenvalue weighted by atomic mass is 19.4. The average Bonchev–Trinajstić information content (AvgIpc) is 2.74. The summed E-state index contributed by atoms with van der Waals surface area (Å²) in [6.07, 6.45) is 0.346. The molecule has 1 fully saturated rings. The van der Waals surface area contributed by atoms with Gasteiger partial charge in [-0.05, 0) is 70.5 Å². The van der Waals surface area contributed by atoms with Gasteiger partial charge >= 0.3 is 6.18 Å². The van der Waals surface area contributed by atoms with Crippen molar-refractivity contribution in [3.05, 3.63) is 59.4 Å². The van der Waals surface area contributed by atoms with Crippen LogP contribution in [-0.4, -0.2) is 40.7 Å². The molecule has 3 N–H and O–H groups in total. The Balaban J connectivity index is 0.000000321. The third-order valence-corrected chi connectivity index (χ3v) is 5.19. The van der Waals surface area contributed by atoms with E-state index < -0.39 is 11.7 Å². The Labute approximate surface area is 192 Å². The Bertz CT molecular complexity index is 920. The molecule has 1 saturated heterocycles. The van der Waals surface area contributed by atoms with Crippen molar-refractivity contribution in [3.8, 4) is 0 Å². The number of nitrogens with two attached hydrogens (primary N) is 1. The molecule has 0 unspecified atom stereocenters. The number of likely N-dealkylation sites (tertiary alicyclic amines) is 1. The van der Waals surface area contributed by atoms with Gasteiger partial charge < -0.3 is 11.1 Å². The predicted molar refractivity (Wildman–Crippen MR) is 121 cm³/mol. The van der Waals surface area contributed by atoms with Gasteiger partial charge in [0.15, 0.2) is 6.29 Å². The van der Waals surface area contributed by atoms with Crippen molar-refractivity contribution in [2.75, 3.05) is 18.8 Å². The van der Waals surface area contributed by atoms with Crippen LogP contribution in [0.25, 0.3) is 0 Å². The van der Waals surface area contributed by atoms with Gasteiger partial charge in [0.1, 0.15) is 0 Å². The van der Waals surface area contributed by atoms with Gasteiger partial charge in [-0.25, -0.2) is 0 Å². The number of alkyl halides is 3. The molecule has 0 bridgehead atoms. The minimum absolute atomic E-state index is 0.0804. The van der Waals surface area contributed by atoms with Crippen molar-refractivity contribution >= 4 is 17.9 Å². The zero-order valence-electron chi connectivity index (χ0n) is 19.2. The quantitative estimate of drug-likeness (QED) is 0.520. The maximum absolute atomic E-state index is 12.2. The molecule has 180 valence electrons. The third kappa shape index (κ3) is 8.49. The SMILES string of the molecule is CC(C)(C)NC(=O)C1CCN(Cc2cccc(N)c2C=O)CC1.FC(F)(F)c1cccnc1. The zero-order chi connectivity index (χ0) is 24.6. The number of nitrogens with zero attached hydrogens (tertiary/aromatic N) is 2. The van der Waals surface area contributed by atoms with Crippen LogP contribution in [0.2, 0.25) is 0 Å². The molecule has 0 spiro atoms. The monoisotopic (exact) mass is 464 g/mol. The van der Waals surface area contributed by atoms with Crippen LogP contribution in [0.3, 0.4) is 0 Å². The molecule has 1 aliphatic rings. The van der Waals surface area contributed by atoms with Crippen LogP contribution in [-0.2, 0) is 17.5 Å². The van der Waals surface area contributed by atoms with E-state index in [2.05, 4.69) is 15.2 Å². The first-order chi connectivity index (χ1) is 15.4. The summed E-state index contributed by atoms with van der Waals surface area (Å²) >= 11 is 0. The number of halogens is 3. The lowest BCUT2D eigenvalue weighted by atomic mass is 9.94. The second-order valence-electron chi connectivity index (χ2n) is 9.07. The molecule has 3 rings (SSSR count). The summed E-state index contributed by atoms with van der Waals surface area (Å²) in [5.41, 5.74) is 7.02. The summed E-state index contributed by atoms with van der Waals surface area (Å²) in [6.45, 7) is 8.42. The van der Waals surface area contributed by atoms with Crippen LogP contribution in [0.1, 0.15) is 55.1 Å². The van der Waals surface area contributed by atoms with Gasteiger partial charge in [0.25, 0.3) is 0 Å². The number of nitrogen functional groups attached to an aromatic ring is 1. The van der Waals surface area contributed by atoms with Crippen molar-refractivity contribution in [3.63, 3.8) is 0 Å². The number of anilines is 1. The summed E-state index contributed by atoms with van der Waals surface area (Å²) in [4.78, 5) is 29.1. The van der Waals surface area contributed by atoms with E-state index in [4.69, 9.17) is 5.73 Å². The normalized spacial score (nSPS) is 15.3. The molecule has 33 heavy (non-hydrogen) atoms. The molecule has 2 heterocycles. The van der Waals surface area contributed by atoms with E-state index in [0.29, 0.717) is 17.8 Å². The van der Waals surface area contributed by atoms with Crippen LogP contribution in [0, 0.1) is 5.92 Å². The number of benzene rings is 1. The number of pyridine rings is 1. The summed E-state index contributed by atoms with van der Waals surface area (Å²) in [5.74, 6) is 0.228. The lowest BCUT2D eigenvalue weighted by molar-refractivity contribution is -0.137. The number of piperidine rings is 1. The Morgan fingerprint density at radius 2 is 1.85 bits per heavy atom. The highest BCUT2D eigenvalue weighted by Gasteiger charge is 2.30. The molecule has 1 amide bonds. The topological polar surface area (TPSA) is 88.3 Å². The molecular weight excluding hydrogens is 433 g/mol. The molecule has 0 saturated carbocycles. The number of nitrogens with one attached hydrogen (secondary N) is 1. The molecule has 1 aliphatic heterocycles. The van der Waals surface area contributed by atoms with Gasteiger partial charge in [0.2, 0.25) is 5.91 Å². The van der Waals surface area contributed by atoms with E-state index in [1.165, 1.54) is 12.3 Å². The number of carbonyl (C=O) groups is 2. The fraction of sp³-hybridized carbons (Fsp3) is 0.458. The first kappa shape index (κ1) is 26.3. The molecule has 6 nitrogen and oxygen atoms in total. The molecule has 1 aromatic carbocycles. The number of hydrogen-bond acceptors (Lipinski definition) is 5. The van der Waals surface area contributed by atoms with Gasteiger partial charge in [-0.1, -0.05) is 12.1 Å². The van der Waals surface area contributed by atoms with Crippen molar-refractivity contribution in [1.82, 2.24) is 15.2 Å². The van der Waals surface area contributed by atoms with E-state index in [-0.39, 0.29) is 17.4 Å². The maximum Gasteiger partial charge on any atom is 0.417 e. The average molecular weight is 465 g/mol. The second-order valence-corrected chi connectivity index (χ2v) is 9.07. The van der Waals surface area contributed by atoms with Crippen molar-refractivity contribution in [2.24, 2.45) is 5.92 Å². The van der Waals surface area contributed by atoms with Crippen LogP contribution in [0.15, 0.2) is 42.7 Å². The summed E-state index contributed by atoms with van der Waals surface area (Å²) in [5, 5.41) is 3.06. The maximum atomic E-state index is 12.2. The smallest absolute Gasteiger partial charge is 0.398 e. The van der Waals surface area contributed by atoms with E-state index in [9.17, 15) is 22.8 Å². The number of hydrogen-bond donors (Lipinski definition) is 2. The Morgan fingerprint density at radius 3 is 2.33 bits per heavy atom. The molecule has 9 heteroatoms. The number of rotatable bonds is 4. The number of aromatic nitrogens is 1. The summed E-state index contributed by atoms with van der Waals surface area (Å²) < 4.78 is 35.2. The van der Waals surface area contributed by atoms with Crippen molar-refractivity contribution in [2.45, 2.75) is 51.9 Å². The van der Waals surface area contributed by atoms with Crippen LogP contribution in [0.5, 0.6) is 0 Å². The predicted octanol–water partition coefficient (Wildman–Crippen LogP) is 4.31.